The molecule has 4 unspecified atom stereocenters. The monoisotopic (exact) mass is 246 g/mol. The standard InChI is InChI=1S/C13H26O4/c1-9-10(2)16-12(8-15-9)17-11(7-14)6-13(3,4)5/h9-12,14H,6-8H2,1-5H3. The van der Waals surface area contributed by atoms with Gasteiger partial charge in [-0.05, 0) is 25.7 Å². The third-order valence-corrected chi connectivity index (χ3v) is 2.91. The van der Waals surface area contributed by atoms with Gasteiger partial charge in [-0.15, -0.1) is 0 Å². The second-order valence-electron chi connectivity index (χ2n) is 6.01. The summed E-state index contributed by atoms with van der Waals surface area (Å²) in [6.07, 6.45) is 0.380. The summed E-state index contributed by atoms with van der Waals surface area (Å²) in [5.41, 5.74) is 0.127. The van der Waals surface area contributed by atoms with E-state index in [2.05, 4.69) is 20.8 Å². The molecule has 1 rings (SSSR count). The van der Waals surface area contributed by atoms with Gasteiger partial charge in [-0.25, -0.2) is 0 Å². The molecule has 0 aliphatic carbocycles. The van der Waals surface area contributed by atoms with E-state index in [1.807, 2.05) is 13.8 Å². The van der Waals surface area contributed by atoms with Crippen molar-refractivity contribution in [3.8, 4) is 0 Å². The maximum atomic E-state index is 9.32. The number of aliphatic hydroxyl groups excluding tert-OH is 1. The first-order valence-corrected chi connectivity index (χ1v) is 6.35. The van der Waals surface area contributed by atoms with E-state index in [0.717, 1.165) is 6.42 Å². The Bertz CT molecular complexity index is 224. The predicted molar refractivity (Wildman–Crippen MR) is 65.8 cm³/mol. The molecule has 4 nitrogen and oxygen atoms in total. The van der Waals surface area contributed by atoms with Gasteiger partial charge in [0.2, 0.25) is 0 Å². The summed E-state index contributed by atoms with van der Waals surface area (Å²) in [7, 11) is 0. The van der Waals surface area contributed by atoms with Crippen molar-refractivity contribution in [1.29, 1.82) is 0 Å². The Hall–Kier alpha value is -0.160. The van der Waals surface area contributed by atoms with Gasteiger partial charge in [0.1, 0.15) is 0 Å². The molecule has 0 spiro atoms. The lowest BCUT2D eigenvalue weighted by Gasteiger charge is -2.35. The van der Waals surface area contributed by atoms with Gasteiger partial charge in [-0.2, -0.15) is 0 Å². The third-order valence-electron chi connectivity index (χ3n) is 2.91. The Morgan fingerprint density at radius 2 is 1.94 bits per heavy atom. The molecule has 1 aliphatic heterocycles. The summed E-state index contributed by atoms with van der Waals surface area (Å²) in [6, 6.07) is 0. The average Bonchev–Trinajstić information content (AvgIpc) is 2.20. The molecule has 0 aromatic rings. The minimum Gasteiger partial charge on any atom is -0.394 e. The lowest BCUT2D eigenvalue weighted by Crippen LogP contribution is -2.44. The summed E-state index contributed by atoms with van der Waals surface area (Å²) >= 11 is 0. The van der Waals surface area contributed by atoms with E-state index in [9.17, 15) is 5.11 Å². The van der Waals surface area contributed by atoms with Crippen LogP contribution in [0.5, 0.6) is 0 Å². The molecule has 0 amide bonds. The molecule has 1 heterocycles. The zero-order valence-electron chi connectivity index (χ0n) is 11.6. The molecule has 0 aromatic heterocycles. The summed E-state index contributed by atoms with van der Waals surface area (Å²) in [5.74, 6) is 0. The van der Waals surface area contributed by atoms with Crippen molar-refractivity contribution in [2.45, 2.75) is 65.6 Å². The molecule has 102 valence electrons. The number of rotatable bonds is 4. The quantitative estimate of drug-likeness (QED) is 0.823. The van der Waals surface area contributed by atoms with E-state index < -0.39 is 0 Å². The van der Waals surface area contributed by atoms with Crippen LogP contribution in [0.1, 0.15) is 41.0 Å². The first-order chi connectivity index (χ1) is 7.81. The van der Waals surface area contributed by atoms with E-state index in [1.54, 1.807) is 0 Å². The van der Waals surface area contributed by atoms with E-state index in [0.29, 0.717) is 6.61 Å². The normalized spacial score (nSPS) is 32.5. The van der Waals surface area contributed by atoms with Gasteiger partial charge in [0, 0.05) is 0 Å². The Morgan fingerprint density at radius 3 is 2.41 bits per heavy atom. The minimum atomic E-state index is -0.360. The zero-order valence-corrected chi connectivity index (χ0v) is 11.6. The van der Waals surface area contributed by atoms with Gasteiger partial charge in [0.25, 0.3) is 0 Å². The van der Waals surface area contributed by atoms with Crippen molar-refractivity contribution < 1.29 is 19.3 Å². The second-order valence-corrected chi connectivity index (χ2v) is 6.01. The molecule has 4 atom stereocenters. The van der Waals surface area contributed by atoms with Crippen molar-refractivity contribution in [3.63, 3.8) is 0 Å². The molecule has 0 saturated carbocycles. The topological polar surface area (TPSA) is 47.9 Å². The molecule has 0 bridgehead atoms. The van der Waals surface area contributed by atoms with Crippen LogP contribution >= 0.6 is 0 Å². The minimum absolute atomic E-state index is 0.0149. The van der Waals surface area contributed by atoms with Crippen LogP contribution in [-0.2, 0) is 14.2 Å². The number of aliphatic hydroxyl groups is 1. The first-order valence-electron chi connectivity index (χ1n) is 6.35. The highest BCUT2D eigenvalue weighted by atomic mass is 16.7. The summed E-state index contributed by atoms with van der Waals surface area (Å²) in [4.78, 5) is 0. The van der Waals surface area contributed by atoms with Crippen LogP contribution in [0.4, 0.5) is 0 Å². The summed E-state index contributed by atoms with van der Waals surface area (Å²) < 4.78 is 17.0. The van der Waals surface area contributed by atoms with E-state index in [1.165, 1.54) is 0 Å². The molecule has 17 heavy (non-hydrogen) atoms. The smallest absolute Gasteiger partial charge is 0.181 e. The van der Waals surface area contributed by atoms with Gasteiger partial charge in [-0.1, -0.05) is 20.8 Å². The Morgan fingerprint density at radius 1 is 1.29 bits per heavy atom. The van der Waals surface area contributed by atoms with Crippen LogP contribution in [0.3, 0.4) is 0 Å². The lowest BCUT2D eigenvalue weighted by molar-refractivity contribution is -0.277. The van der Waals surface area contributed by atoms with Crippen molar-refractivity contribution in [2.75, 3.05) is 13.2 Å². The van der Waals surface area contributed by atoms with Crippen LogP contribution in [0, 0.1) is 5.41 Å². The Kier molecular flexibility index (Phi) is 5.38. The molecule has 1 N–H and O–H groups in total. The van der Waals surface area contributed by atoms with Crippen molar-refractivity contribution in [1.82, 2.24) is 0 Å². The molecule has 1 saturated heterocycles. The third kappa shape index (κ3) is 5.34. The maximum Gasteiger partial charge on any atom is 0.181 e. The molecule has 0 radical (unpaired) electrons. The average molecular weight is 246 g/mol. The summed E-state index contributed by atoms with van der Waals surface area (Å²) in [6.45, 7) is 10.8. The first kappa shape index (κ1) is 14.9. The molecule has 0 aromatic carbocycles. The Balaban J connectivity index is 2.41. The van der Waals surface area contributed by atoms with Crippen LogP contribution in [0.2, 0.25) is 0 Å². The van der Waals surface area contributed by atoms with Crippen molar-refractivity contribution >= 4 is 0 Å². The van der Waals surface area contributed by atoms with Gasteiger partial charge < -0.3 is 19.3 Å². The second kappa shape index (κ2) is 6.14. The lowest BCUT2D eigenvalue weighted by atomic mass is 9.89. The van der Waals surface area contributed by atoms with E-state index in [4.69, 9.17) is 14.2 Å². The van der Waals surface area contributed by atoms with Gasteiger partial charge in [-0.3, -0.25) is 0 Å². The maximum absolute atomic E-state index is 9.32. The van der Waals surface area contributed by atoms with Gasteiger partial charge in [0.05, 0.1) is 31.5 Å². The highest BCUT2D eigenvalue weighted by molar-refractivity contribution is 4.72. The highest BCUT2D eigenvalue weighted by Gasteiger charge is 2.29. The van der Waals surface area contributed by atoms with Gasteiger partial charge in [0.15, 0.2) is 6.29 Å². The Labute approximate surface area is 104 Å². The van der Waals surface area contributed by atoms with Crippen LogP contribution in [0.25, 0.3) is 0 Å². The molecule has 1 fully saturated rings. The van der Waals surface area contributed by atoms with Crippen LogP contribution < -0.4 is 0 Å². The molecular formula is C13H26O4. The predicted octanol–water partition coefficient (Wildman–Crippen LogP) is 1.95. The molecule has 4 heteroatoms. The highest BCUT2D eigenvalue weighted by Crippen LogP contribution is 2.24. The van der Waals surface area contributed by atoms with E-state index in [-0.39, 0.29) is 36.6 Å². The largest absolute Gasteiger partial charge is 0.394 e. The molecular weight excluding hydrogens is 220 g/mol. The fourth-order valence-electron chi connectivity index (χ4n) is 1.88. The number of hydrogen-bond donors (Lipinski definition) is 1. The number of ether oxygens (including phenoxy) is 3. The van der Waals surface area contributed by atoms with Crippen molar-refractivity contribution in [2.24, 2.45) is 5.41 Å². The van der Waals surface area contributed by atoms with Crippen LogP contribution in [-0.4, -0.2) is 42.9 Å². The fraction of sp³-hybridized carbons (Fsp3) is 1.00. The fourth-order valence-corrected chi connectivity index (χ4v) is 1.88. The van der Waals surface area contributed by atoms with Gasteiger partial charge >= 0.3 is 0 Å². The summed E-state index contributed by atoms with van der Waals surface area (Å²) in [5, 5.41) is 9.32. The van der Waals surface area contributed by atoms with E-state index >= 15 is 0 Å². The van der Waals surface area contributed by atoms with Crippen molar-refractivity contribution in [3.05, 3.63) is 0 Å². The zero-order chi connectivity index (χ0) is 13.1. The number of hydrogen-bond acceptors (Lipinski definition) is 4. The van der Waals surface area contributed by atoms with Crippen LogP contribution in [0.15, 0.2) is 0 Å². The SMILES string of the molecule is CC1OCC(OC(CO)CC(C)(C)C)OC1C. The molecule has 1 aliphatic rings.